The SMILES string of the molecule is C=C[C@@](C)(N)C(=O)O.C=C[C@H]1C(=O)N(C)[C@H](C(C)(C)C)N1C(=O)c1ccccc1.C=C[C@]1(C)C(=O)N(C)[C@H](C(C)(C)C)N1C(=O)c1ccccc1.CSCC[C@H]1C(=O)N(C)[C@H](C(C)(C)C)N1C(=O)c1ccccc1. The average molecular weight is 1040 g/mol. The van der Waals surface area contributed by atoms with Gasteiger partial charge in [-0.15, -0.1) is 19.7 Å². The zero-order valence-corrected chi connectivity index (χ0v) is 47.1. The Morgan fingerprint density at radius 3 is 1.34 bits per heavy atom. The zero-order valence-electron chi connectivity index (χ0n) is 46.3. The molecule has 0 radical (unpaired) electrons. The molecule has 3 aliphatic heterocycles. The van der Waals surface area contributed by atoms with Crippen LogP contribution in [0.2, 0.25) is 0 Å². The lowest BCUT2D eigenvalue weighted by atomic mass is 9.89. The Kier molecular flexibility index (Phi) is 20.6. The Morgan fingerprint density at radius 1 is 0.622 bits per heavy atom. The van der Waals surface area contributed by atoms with Gasteiger partial charge in [0, 0.05) is 54.1 Å². The number of nitrogens with two attached hydrogens (primary N) is 1. The Hall–Kier alpha value is -6.52. The van der Waals surface area contributed by atoms with Gasteiger partial charge in [-0.25, -0.2) is 4.79 Å². The van der Waals surface area contributed by atoms with Crippen LogP contribution in [0.4, 0.5) is 0 Å². The summed E-state index contributed by atoms with van der Waals surface area (Å²) in [5.41, 5.74) is 3.92. The molecule has 6 rings (SSSR count). The highest BCUT2D eigenvalue weighted by molar-refractivity contribution is 7.98. The summed E-state index contributed by atoms with van der Waals surface area (Å²) in [6.07, 6.45) is 6.17. The number of benzene rings is 3. The Bertz CT molecular complexity index is 2500. The van der Waals surface area contributed by atoms with Crippen LogP contribution in [0.3, 0.4) is 0 Å². The smallest absolute Gasteiger partial charge is 0.327 e. The predicted molar refractivity (Wildman–Crippen MR) is 296 cm³/mol. The molecular weight excluding hydrogens is 955 g/mol. The fourth-order valence-corrected chi connectivity index (χ4v) is 10.0. The maximum absolute atomic E-state index is 13.1. The Morgan fingerprint density at radius 2 is 1.00 bits per heavy atom. The van der Waals surface area contributed by atoms with E-state index >= 15 is 0 Å². The minimum Gasteiger partial charge on any atom is -0.480 e. The lowest BCUT2D eigenvalue weighted by Gasteiger charge is -2.40. The first-order valence-electron chi connectivity index (χ1n) is 24.6. The van der Waals surface area contributed by atoms with Gasteiger partial charge in [-0.1, -0.05) is 135 Å². The fourth-order valence-electron chi connectivity index (χ4n) is 9.55. The molecule has 3 aromatic carbocycles. The molecule has 3 heterocycles. The number of carboxylic acids is 1. The van der Waals surface area contributed by atoms with Crippen molar-refractivity contribution in [2.24, 2.45) is 22.0 Å². The van der Waals surface area contributed by atoms with E-state index in [2.05, 4.69) is 40.5 Å². The molecule has 3 aromatic rings. The van der Waals surface area contributed by atoms with E-state index in [1.165, 1.54) is 13.0 Å². The van der Waals surface area contributed by atoms with E-state index in [0.29, 0.717) is 23.1 Å². The Balaban J connectivity index is 0.000000272. The number of hydrogen-bond acceptors (Lipinski definition) is 9. The van der Waals surface area contributed by atoms with Gasteiger partial charge in [0.2, 0.25) is 5.91 Å². The third-order valence-electron chi connectivity index (χ3n) is 13.2. The Labute approximate surface area is 444 Å². The van der Waals surface area contributed by atoms with Crippen LogP contribution < -0.4 is 5.73 Å². The highest BCUT2D eigenvalue weighted by Gasteiger charge is 2.57. The van der Waals surface area contributed by atoms with E-state index in [9.17, 15) is 33.6 Å². The summed E-state index contributed by atoms with van der Waals surface area (Å²) >= 11 is 1.70. The number of carbonyl (C=O) groups excluding carboxylic acids is 6. The van der Waals surface area contributed by atoms with Crippen molar-refractivity contribution in [3.63, 3.8) is 0 Å². The topological polar surface area (TPSA) is 185 Å². The highest BCUT2D eigenvalue weighted by atomic mass is 32.2. The molecule has 0 saturated carbocycles. The number of nitrogens with zero attached hydrogens (tertiary/aromatic N) is 6. The van der Waals surface area contributed by atoms with Crippen LogP contribution in [0.25, 0.3) is 0 Å². The first kappa shape index (κ1) is 61.8. The van der Waals surface area contributed by atoms with Crippen molar-refractivity contribution in [2.75, 3.05) is 33.2 Å². The zero-order chi connectivity index (χ0) is 56.5. The molecule has 0 bridgehead atoms. The van der Waals surface area contributed by atoms with Crippen LogP contribution in [-0.4, -0.2) is 151 Å². The number of aliphatic carboxylic acids is 1. The van der Waals surface area contributed by atoms with Crippen LogP contribution in [0.5, 0.6) is 0 Å². The second-order valence-corrected chi connectivity index (χ2v) is 23.3. The van der Waals surface area contributed by atoms with Crippen LogP contribution in [0, 0.1) is 16.2 Å². The normalized spacial score (nSPS) is 22.6. The second-order valence-electron chi connectivity index (χ2n) is 22.4. The number of carbonyl (C=O) groups is 7. The van der Waals surface area contributed by atoms with E-state index in [-0.39, 0.29) is 76.2 Å². The van der Waals surface area contributed by atoms with Crippen LogP contribution in [-0.2, 0) is 19.2 Å². The standard InChI is InChI=1S/C18H26N2O2S.C18H24N2O2.C17H22N2O2.C5H9NO2/c1-18(2,3)17-19(4)16(22)14(11-12-23-5)20(17)15(21)13-9-7-6-8-10-13;1-7-18(5)16(22)19(6)15(17(2,3)4)20(18)14(21)13-11-9-8-10-12-13;1-6-13-15(21)18(5)16(17(2,3)4)19(13)14(20)12-10-8-7-9-11-12;1-3-5(2,6)4(7)8/h6-10,14,17H,11-12H2,1-5H3;7-12,15H,1H2,2-6H3;6-11,13,16H,1H2,2-5H3;3H,1,6H2,2H3,(H,7,8)/t14-,17-;15-,18+;13-,16-;5-/m0001/s1. The molecule has 3 aliphatic rings. The van der Waals surface area contributed by atoms with E-state index in [4.69, 9.17) is 10.8 Å². The largest absolute Gasteiger partial charge is 0.480 e. The number of likely N-dealkylation sites (N-methyl/N-ethyl adjacent to an activating group) is 3. The van der Waals surface area contributed by atoms with Gasteiger partial charge in [-0.2, -0.15) is 11.8 Å². The molecule has 3 N–H and O–H groups in total. The number of thioether (sulfide) groups is 1. The molecule has 0 aliphatic carbocycles. The molecule has 0 unspecified atom stereocenters. The number of amides is 6. The molecule has 402 valence electrons. The summed E-state index contributed by atoms with van der Waals surface area (Å²) < 4.78 is 0. The van der Waals surface area contributed by atoms with Gasteiger partial charge < -0.3 is 35.3 Å². The maximum atomic E-state index is 13.1. The van der Waals surface area contributed by atoms with Crippen molar-refractivity contribution < 1.29 is 38.7 Å². The van der Waals surface area contributed by atoms with Crippen LogP contribution in [0.1, 0.15) is 114 Å². The second kappa shape index (κ2) is 24.7. The molecule has 74 heavy (non-hydrogen) atoms. The van der Waals surface area contributed by atoms with Crippen molar-refractivity contribution in [2.45, 2.75) is 124 Å². The van der Waals surface area contributed by atoms with Gasteiger partial charge in [-0.3, -0.25) is 33.7 Å². The van der Waals surface area contributed by atoms with E-state index < -0.39 is 23.1 Å². The van der Waals surface area contributed by atoms with E-state index in [1.54, 1.807) is 98.6 Å². The van der Waals surface area contributed by atoms with Gasteiger partial charge in [0.25, 0.3) is 29.5 Å². The first-order chi connectivity index (χ1) is 34.2. The molecule has 6 amide bonds. The van der Waals surface area contributed by atoms with Gasteiger partial charge in [0.05, 0.1) is 0 Å². The third-order valence-corrected chi connectivity index (χ3v) is 13.8. The van der Waals surface area contributed by atoms with E-state index in [0.717, 1.165) is 5.75 Å². The molecule has 0 spiro atoms. The minimum absolute atomic E-state index is 0.0447. The lowest BCUT2D eigenvalue weighted by molar-refractivity contribution is -0.140. The van der Waals surface area contributed by atoms with Gasteiger partial charge >= 0.3 is 5.97 Å². The summed E-state index contributed by atoms with van der Waals surface area (Å²) in [5, 5.41) is 8.24. The number of rotatable bonds is 10. The fraction of sp³-hybridized carbons (Fsp3) is 0.466. The lowest BCUT2D eigenvalue weighted by Crippen LogP contribution is -2.54. The summed E-state index contributed by atoms with van der Waals surface area (Å²) in [5.74, 6) is -0.704. The molecule has 16 heteroatoms. The summed E-state index contributed by atoms with van der Waals surface area (Å²) in [4.78, 5) is 97.1. The van der Waals surface area contributed by atoms with Crippen molar-refractivity contribution >= 4 is 53.2 Å². The van der Waals surface area contributed by atoms with Crippen molar-refractivity contribution in [3.8, 4) is 0 Å². The van der Waals surface area contributed by atoms with Gasteiger partial charge in [0.1, 0.15) is 41.7 Å². The van der Waals surface area contributed by atoms with Crippen molar-refractivity contribution in [3.05, 3.63) is 146 Å². The summed E-state index contributed by atoms with van der Waals surface area (Å²) in [6, 6.07) is 26.4. The number of hydrogen-bond donors (Lipinski definition) is 2. The van der Waals surface area contributed by atoms with Gasteiger partial charge in [0.15, 0.2) is 0 Å². The summed E-state index contributed by atoms with van der Waals surface area (Å²) in [6.45, 7) is 32.3. The first-order valence-corrected chi connectivity index (χ1v) is 26.0. The van der Waals surface area contributed by atoms with Crippen LogP contribution in [0.15, 0.2) is 129 Å². The summed E-state index contributed by atoms with van der Waals surface area (Å²) in [7, 11) is 5.30. The van der Waals surface area contributed by atoms with Crippen LogP contribution >= 0.6 is 11.8 Å². The molecule has 0 aromatic heterocycles. The minimum atomic E-state index is -1.28. The highest BCUT2D eigenvalue weighted by Crippen LogP contribution is 2.41. The predicted octanol–water partition coefficient (Wildman–Crippen LogP) is 8.51. The van der Waals surface area contributed by atoms with E-state index in [1.807, 2.05) is 122 Å². The average Bonchev–Trinajstić information content (AvgIpc) is 3.86. The van der Waals surface area contributed by atoms with Crippen molar-refractivity contribution in [1.29, 1.82) is 0 Å². The number of carboxylic acid groups (broad SMARTS) is 1. The maximum Gasteiger partial charge on any atom is 0.327 e. The van der Waals surface area contributed by atoms with Gasteiger partial charge in [-0.05, 0) is 68.7 Å². The molecule has 3 fully saturated rings. The molecule has 3 saturated heterocycles. The monoisotopic (exact) mass is 1040 g/mol. The molecule has 7 atom stereocenters. The molecule has 15 nitrogen and oxygen atoms in total. The third kappa shape index (κ3) is 13.6. The quantitative estimate of drug-likeness (QED) is 0.187. The molecular formula is C58H81N7O8S. The van der Waals surface area contributed by atoms with Crippen molar-refractivity contribution in [1.82, 2.24) is 29.4 Å².